The second kappa shape index (κ2) is 6.20. The smallest absolute Gasteiger partial charge is 0.312 e. The van der Waals surface area contributed by atoms with Crippen molar-refractivity contribution in [2.75, 3.05) is 45.8 Å². The highest BCUT2D eigenvalue weighted by atomic mass is 19.4. The summed E-state index contributed by atoms with van der Waals surface area (Å²) in [4.78, 5) is 3.81. The maximum Gasteiger partial charge on any atom is 0.401 e. The molecule has 2 aliphatic heterocycles. The number of hydrogen-bond donors (Lipinski definition) is 1. The Labute approximate surface area is 119 Å². The van der Waals surface area contributed by atoms with Crippen LogP contribution in [0.3, 0.4) is 0 Å². The van der Waals surface area contributed by atoms with Gasteiger partial charge < -0.3 is 5.32 Å². The van der Waals surface area contributed by atoms with E-state index < -0.39 is 12.7 Å². The lowest BCUT2D eigenvalue weighted by Gasteiger charge is -2.44. The molecular weight excluding hydrogens is 267 g/mol. The summed E-state index contributed by atoms with van der Waals surface area (Å²) in [6.45, 7) is 8.32. The van der Waals surface area contributed by atoms with E-state index in [0.717, 1.165) is 26.2 Å². The molecule has 0 radical (unpaired) electrons. The second-order valence-corrected chi connectivity index (χ2v) is 6.79. The van der Waals surface area contributed by atoms with Crippen molar-refractivity contribution in [1.82, 2.24) is 15.1 Å². The monoisotopic (exact) mass is 293 g/mol. The van der Waals surface area contributed by atoms with Gasteiger partial charge in [-0.3, -0.25) is 9.80 Å². The average Bonchev–Trinajstić information content (AvgIpc) is 2.32. The van der Waals surface area contributed by atoms with Crippen LogP contribution in [0.15, 0.2) is 0 Å². The number of piperidine rings is 1. The lowest BCUT2D eigenvalue weighted by atomic mass is 9.77. The van der Waals surface area contributed by atoms with Crippen LogP contribution in [0.5, 0.6) is 0 Å². The molecule has 1 atom stereocenters. The summed E-state index contributed by atoms with van der Waals surface area (Å²) in [5.74, 6) is 0. The Kier molecular flexibility index (Phi) is 4.97. The topological polar surface area (TPSA) is 18.5 Å². The molecule has 3 nitrogen and oxygen atoms in total. The molecule has 2 rings (SSSR count). The van der Waals surface area contributed by atoms with Crippen LogP contribution in [0.4, 0.5) is 13.2 Å². The van der Waals surface area contributed by atoms with Gasteiger partial charge in [0, 0.05) is 38.8 Å². The Morgan fingerprint density at radius 1 is 1.10 bits per heavy atom. The molecule has 2 aliphatic rings. The Balaban J connectivity index is 1.77. The van der Waals surface area contributed by atoms with E-state index in [4.69, 9.17) is 0 Å². The molecule has 0 aliphatic carbocycles. The summed E-state index contributed by atoms with van der Waals surface area (Å²) >= 11 is 0. The molecule has 0 spiro atoms. The molecule has 0 aromatic rings. The van der Waals surface area contributed by atoms with Crippen molar-refractivity contribution in [2.24, 2.45) is 5.41 Å². The van der Waals surface area contributed by atoms with E-state index >= 15 is 0 Å². The summed E-state index contributed by atoms with van der Waals surface area (Å²) in [5.41, 5.74) is 0.279. The molecule has 2 heterocycles. The maximum absolute atomic E-state index is 12.3. The third kappa shape index (κ3) is 4.60. The Morgan fingerprint density at radius 2 is 1.70 bits per heavy atom. The van der Waals surface area contributed by atoms with E-state index in [2.05, 4.69) is 24.1 Å². The van der Waals surface area contributed by atoms with Crippen LogP contribution in [-0.2, 0) is 0 Å². The van der Waals surface area contributed by atoms with E-state index in [0.29, 0.717) is 19.1 Å². The molecule has 2 fully saturated rings. The fourth-order valence-electron chi connectivity index (χ4n) is 3.22. The molecule has 0 aromatic heterocycles. The van der Waals surface area contributed by atoms with Gasteiger partial charge in [0.05, 0.1) is 6.54 Å². The predicted octanol–water partition coefficient (Wildman–Crippen LogP) is 1.94. The number of nitrogens with zero attached hydrogens (tertiary/aromatic N) is 2. The quantitative estimate of drug-likeness (QED) is 0.858. The van der Waals surface area contributed by atoms with Crippen molar-refractivity contribution in [1.29, 1.82) is 0 Å². The van der Waals surface area contributed by atoms with Crippen LogP contribution < -0.4 is 5.32 Å². The fourth-order valence-corrected chi connectivity index (χ4v) is 3.22. The first-order valence-corrected chi connectivity index (χ1v) is 7.51. The zero-order valence-electron chi connectivity index (χ0n) is 12.5. The van der Waals surface area contributed by atoms with E-state index in [1.165, 1.54) is 17.7 Å². The Hall–Kier alpha value is -0.330. The largest absolute Gasteiger partial charge is 0.401 e. The van der Waals surface area contributed by atoms with Crippen molar-refractivity contribution in [3.05, 3.63) is 0 Å². The number of halogens is 3. The number of hydrogen-bond acceptors (Lipinski definition) is 3. The van der Waals surface area contributed by atoms with Crippen molar-refractivity contribution in [2.45, 2.75) is 38.9 Å². The highest BCUT2D eigenvalue weighted by Crippen LogP contribution is 2.30. The number of piperazine rings is 1. The third-order valence-corrected chi connectivity index (χ3v) is 4.64. The van der Waals surface area contributed by atoms with Crippen molar-refractivity contribution in [3.63, 3.8) is 0 Å². The highest BCUT2D eigenvalue weighted by Gasteiger charge is 2.35. The summed E-state index contributed by atoms with van der Waals surface area (Å²) in [6.07, 6.45) is -1.64. The lowest BCUT2D eigenvalue weighted by Crippen LogP contribution is -2.56. The minimum atomic E-state index is -4.07. The SMILES string of the molecule is CC1(C)CCCNC1CN1CCN(CC(F)(F)F)CC1. The first kappa shape index (κ1) is 16.0. The van der Waals surface area contributed by atoms with Gasteiger partial charge in [-0.05, 0) is 24.8 Å². The first-order valence-electron chi connectivity index (χ1n) is 7.51. The molecule has 6 heteroatoms. The first-order chi connectivity index (χ1) is 9.26. The van der Waals surface area contributed by atoms with Crippen molar-refractivity contribution in [3.8, 4) is 0 Å². The minimum Gasteiger partial charge on any atom is -0.312 e. The molecule has 1 N–H and O–H groups in total. The molecule has 118 valence electrons. The second-order valence-electron chi connectivity index (χ2n) is 6.79. The number of nitrogens with one attached hydrogen (secondary N) is 1. The number of rotatable bonds is 3. The molecule has 2 saturated heterocycles. The molecule has 0 aromatic carbocycles. The molecule has 0 saturated carbocycles. The Morgan fingerprint density at radius 3 is 2.25 bits per heavy atom. The highest BCUT2D eigenvalue weighted by molar-refractivity contribution is 4.91. The van der Waals surface area contributed by atoms with Gasteiger partial charge in [-0.2, -0.15) is 13.2 Å². The molecule has 0 bridgehead atoms. The van der Waals surface area contributed by atoms with E-state index in [-0.39, 0.29) is 5.41 Å². The van der Waals surface area contributed by atoms with Crippen LogP contribution in [0, 0.1) is 5.41 Å². The van der Waals surface area contributed by atoms with Gasteiger partial charge >= 0.3 is 6.18 Å². The van der Waals surface area contributed by atoms with Crippen LogP contribution in [0.25, 0.3) is 0 Å². The van der Waals surface area contributed by atoms with Gasteiger partial charge in [0.25, 0.3) is 0 Å². The van der Waals surface area contributed by atoms with Gasteiger partial charge in [0.15, 0.2) is 0 Å². The summed E-state index contributed by atoms with van der Waals surface area (Å²) in [6, 6.07) is 0.449. The molecule has 0 amide bonds. The maximum atomic E-state index is 12.3. The van der Waals surface area contributed by atoms with E-state index in [1.807, 2.05) is 0 Å². The predicted molar refractivity (Wildman–Crippen MR) is 73.7 cm³/mol. The van der Waals surface area contributed by atoms with E-state index in [9.17, 15) is 13.2 Å². The van der Waals surface area contributed by atoms with Crippen LogP contribution in [0.2, 0.25) is 0 Å². The Bertz CT molecular complexity index is 309. The molecule has 1 unspecified atom stereocenters. The van der Waals surface area contributed by atoms with Gasteiger partial charge in [-0.1, -0.05) is 13.8 Å². The lowest BCUT2D eigenvalue weighted by molar-refractivity contribution is -0.149. The third-order valence-electron chi connectivity index (χ3n) is 4.64. The van der Waals surface area contributed by atoms with Crippen LogP contribution in [0.1, 0.15) is 26.7 Å². The van der Waals surface area contributed by atoms with Gasteiger partial charge in [-0.25, -0.2) is 0 Å². The van der Waals surface area contributed by atoms with E-state index in [1.54, 1.807) is 0 Å². The fraction of sp³-hybridized carbons (Fsp3) is 1.00. The summed E-state index contributed by atoms with van der Waals surface area (Å²) in [5, 5.41) is 3.57. The van der Waals surface area contributed by atoms with Crippen molar-refractivity contribution >= 4 is 0 Å². The van der Waals surface area contributed by atoms with Gasteiger partial charge in [-0.15, -0.1) is 0 Å². The standard InChI is InChI=1S/C14H26F3N3/c1-13(2)4-3-5-18-12(13)10-19-6-8-20(9-7-19)11-14(15,16)17/h12,18H,3-11H2,1-2H3. The molecule has 20 heavy (non-hydrogen) atoms. The number of alkyl halides is 3. The summed E-state index contributed by atoms with van der Waals surface area (Å²) in [7, 11) is 0. The normalized spacial score (nSPS) is 29.6. The molecular formula is C14H26F3N3. The van der Waals surface area contributed by atoms with Crippen LogP contribution in [-0.4, -0.2) is 67.8 Å². The zero-order chi connectivity index (χ0) is 14.8. The van der Waals surface area contributed by atoms with Crippen molar-refractivity contribution < 1.29 is 13.2 Å². The summed E-state index contributed by atoms with van der Waals surface area (Å²) < 4.78 is 37.0. The van der Waals surface area contributed by atoms with Gasteiger partial charge in [0.1, 0.15) is 0 Å². The van der Waals surface area contributed by atoms with Gasteiger partial charge in [0.2, 0.25) is 0 Å². The zero-order valence-corrected chi connectivity index (χ0v) is 12.5. The minimum absolute atomic E-state index is 0.279. The average molecular weight is 293 g/mol. The van der Waals surface area contributed by atoms with Crippen LogP contribution >= 0.6 is 0 Å².